The monoisotopic (exact) mass is 250 g/mol. The molecule has 2 unspecified atom stereocenters. The van der Waals surface area contributed by atoms with Crippen molar-refractivity contribution in [3.05, 3.63) is 29.6 Å². The minimum Gasteiger partial charge on any atom is -0.394 e. The Hall–Kier alpha value is -1.46. The van der Waals surface area contributed by atoms with E-state index in [1.165, 1.54) is 0 Å². The standard InChI is InChI=1S/C13H18N2O3/c1-9-4-3-5-14-12(9)13(17)15-6-10(2)18-11(7-15)8-16/h3-5,10-11,16H,6-8H2,1-2H3. The van der Waals surface area contributed by atoms with Crippen LogP contribution in [0.1, 0.15) is 23.0 Å². The average Bonchev–Trinajstić information content (AvgIpc) is 2.37. The first-order valence-electron chi connectivity index (χ1n) is 6.09. The van der Waals surface area contributed by atoms with Gasteiger partial charge in [0, 0.05) is 19.3 Å². The van der Waals surface area contributed by atoms with Gasteiger partial charge in [-0.05, 0) is 25.5 Å². The average molecular weight is 250 g/mol. The number of ether oxygens (including phenoxy) is 1. The molecule has 98 valence electrons. The molecule has 1 saturated heterocycles. The molecule has 1 aromatic heterocycles. The van der Waals surface area contributed by atoms with Crippen molar-refractivity contribution in [2.75, 3.05) is 19.7 Å². The van der Waals surface area contributed by atoms with Crippen molar-refractivity contribution >= 4 is 5.91 Å². The molecule has 2 atom stereocenters. The summed E-state index contributed by atoms with van der Waals surface area (Å²) in [6.45, 7) is 4.64. The molecule has 1 N–H and O–H groups in total. The maximum atomic E-state index is 12.4. The van der Waals surface area contributed by atoms with Gasteiger partial charge in [-0.2, -0.15) is 0 Å². The van der Waals surface area contributed by atoms with Gasteiger partial charge < -0.3 is 14.7 Å². The number of aryl methyl sites for hydroxylation is 1. The van der Waals surface area contributed by atoms with Crippen LogP contribution in [0.25, 0.3) is 0 Å². The Morgan fingerprint density at radius 3 is 3.06 bits per heavy atom. The van der Waals surface area contributed by atoms with Crippen LogP contribution in [0.5, 0.6) is 0 Å². The van der Waals surface area contributed by atoms with Crippen LogP contribution < -0.4 is 0 Å². The van der Waals surface area contributed by atoms with Gasteiger partial charge in [-0.1, -0.05) is 6.07 Å². The lowest BCUT2D eigenvalue weighted by Crippen LogP contribution is -2.50. The number of pyridine rings is 1. The Morgan fingerprint density at radius 2 is 2.39 bits per heavy atom. The molecular weight excluding hydrogens is 232 g/mol. The van der Waals surface area contributed by atoms with Gasteiger partial charge in [0.2, 0.25) is 0 Å². The minimum absolute atomic E-state index is 0.0659. The Balaban J connectivity index is 2.16. The molecule has 5 heteroatoms. The number of hydrogen-bond donors (Lipinski definition) is 1. The summed E-state index contributed by atoms with van der Waals surface area (Å²) in [4.78, 5) is 18.2. The fourth-order valence-electron chi connectivity index (χ4n) is 2.17. The summed E-state index contributed by atoms with van der Waals surface area (Å²) < 4.78 is 5.52. The lowest BCUT2D eigenvalue weighted by molar-refractivity contribution is -0.0859. The topological polar surface area (TPSA) is 62.7 Å². The third-order valence-electron chi connectivity index (χ3n) is 3.03. The first-order valence-corrected chi connectivity index (χ1v) is 6.09. The third kappa shape index (κ3) is 2.68. The van der Waals surface area contributed by atoms with Crippen LogP contribution in [-0.2, 0) is 4.74 Å². The van der Waals surface area contributed by atoms with Gasteiger partial charge in [-0.3, -0.25) is 9.78 Å². The van der Waals surface area contributed by atoms with E-state index in [1.807, 2.05) is 26.0 Å². The number of carbonyl (C=O) groups excluding carboxylic acids is 1. The number of aliphatic hydroxyl groups is 1. The number of aromatic nitrogens is 1. The van der Waals surface area contributed by atoms with Crippen molar-refractivity contribution in [1.82, 2.24) is 9.88 Å². The maximum absolute atomic E-state index is 12.4. The molecule has 5 nitrogen and oxygen atoms in total. The normalized spacial score (nSPS) is 24.1. The van der Waals surface area contributed by atoms with Crippen LogP contribution in [-0.4, -0.2) is 52.8 Å². The van der Waals surface area contributed by atoms with E-state index in [9.17, 15) is 4.79 Å². The molecule has 2 heterocycles. The highest BCUT2D eigenvalue weighted by molar-refractivity contribution is 5.93. The van der Waals surface area contributed by atoms with Crippen LogP contribution >= 0.6 is 0 Å². The highest BCUT2D eigenvalue weighted by atomic mass is 16.5. The first kappa shape index (κ1) is 13.0. The lowest BCUT2D eigenvalue weighted by atomic mass is 10.1. The van der Waals surface area contributed by atoms with Crippen molar-refractivity contribution in [2.45, 2.75) is 26.1 Å². The van der Waals surface area contributed by atoms with Gasteiger partial charge in [0.25, 0.3) is 5.91 Å². The van der Waals surface area contributed by atoms with Crippen LogP contribution in [0.2, 0.25) is 0 Å². The summed E-state index contributed by atoms with van der Waals surface area (Å²) in [5.41, 5.74) is 1.34. The highest BCUT2D eigenvalue weighted by Gasteiger charge is 2.29. The molecule has 1 aliphatic rings. The molecule has 0 radical (unpaired) electrons. The molecule has 0 saturated carbocycles. The Labute approximate surface area is 106 Å². The van der Waals surface area contributed by atoms with Gasteiger partial charge in [-0.25, -0.2) is 0 Å². The van der Waals surface area contributed by atoms with E-state index < -0.39 is 0 Å². The summed E-state index contributed by atoms with van der Waals surface area (Å²) in [5, 5.41) is 9.15. The van der Waals surface area contributed by atoms with E-state index in [-0.39, 0.29) is 24.7 Å². The number of nitrogens with zero attached hydrogens (tertiary/aromatic N) is 2. The highest BCUT2D eigenvalue weighted by Crippen LogP contribution is 2.15. The summed E-state index contributed by atoms with van der Waals surface area (Å²) >= 11 is 0. The molecule has 0 aromatic carbocycles. The van der Waals surface area contributed by atoms with E-state index in [1.54, 1.807) is 11.1 Å². The molecular formula is C13H18N2O3. The quantitative estimate of drug-likeness (QED) is 0.835. The third-order valence-corrected chi connectivity index (χ3v) is 3.03. The Bertz CT molecular complexity index is 436. The van der Waals surface area contributed by atoms with E-state index >= 15 is 0 Å². The Morgan fingerprint density at radius 1 is 1.61 bits per heavy atom. The molecule has 2 rings (SSSR count). The largest absolute Gasteiger partial charge is 0.394 e. The van der Waals surface area contributed by atoms with E-state index in [0.29, 0.717) is 18.8 Å². The summed E-state index contributed by atoms with van der Waals surface area (Å²) in [6.07, 6.45) is 1.25. The number of amides is 1. The van der Waals surface area contributed by atoms with E-state index in [4.69, 9.17) is 9.84 Å². The summed E-state index contributed by atoms with van der Waals surface area (Å²) in [6, 6.07) is 3.68. The number of aliphatic hydroxyl groups excluding tert-OH is 1. The predicted molar refractivity (Wildman–Crippen MR) is 66.3 cm³/mol. The Kier molecular flexibility index (Phi) is 3.93. The van der Waals surface area contributed by atoms with Gasteiger partial charge in [0.1, 0.15) is 5.69 Å². The second-order valence-corrected chi connectivity index (χ2v) is 4.63. The van der Waals surface area contributed by atoms with Crippen molar-refractivity contribution < 1.29 is 14.6 Å². The van der Waals surface area contributed by atoms with Crippen LogP contribution in [0.3, 0.4) is 0 Å². The number of carbonyl (C=O) groups is 1. The molecule has 1 aromatic rings. The predicted octanol–water partition coefficient (Wildman–Crippen LogP) is 0.612. The van der Waals surface area contributed by atoms with Crippen LogP contribution in [0, 0.1) is 6.92 Å². The van der Waals surface area contributed by atoms with Gasteiger partial charge in [-0.15, -0.1) is 0 Å². The maximum Gasteiger partial charge on any atom is 0.272 e. The summed E-state index contributed by atoms with van der Waals surface area (Å²) in [7, 11) is 0. The molecule has 1 amide bonds. The zero-order valence-corrected chi connectivity index (χ0v) is 10.7. The van der Waals surface area contributed by atoms with Gasteiger partial charge in [0.05, 0.1) is 18.8 Å². The smallest absolute Gasteiger partial charge is 0.272 e. The second-order valence-electron chi connectivity index (χ2n) is 4.63. The molecule has 18 heavy (non-hydrogen) atoms. The van der Waals surface area contributed by atoms with Gasteiger partial charge >= 0.3 is 0 Å². The second kappa shape index (κ2) is 5.46. The van der Waals surface area contributed by atoms with E-state index in [0.717, 1.165) is 5.56 Å². The SMILES string of the molecule is Cc1cccnc1C(=O)N1CC(C)OC(CO)C1. The lowest BCUT2D eigenvalue weighted by Gasteiger charge is -2.36. The van der Waals surface area contributed by atoms with Crippen molar-refractivity contribution in [3.8, 4) is 0 Å². The molecule has 0 bridgehead atoms. The number of rotatable bonds is 2. The molecule has 1 aliphatic heterocycles. The number of morpholine rings is 1. The van der Waals surface area contributed by atoms with Crippen LogP contribution in [0.15, 0.2) is 18.3 Å². The zero-order valence-electron chi connectivity index (χ0n) is 10.7. The van der Waals surface area contributed by atoms with Gasteiger partial charge in [0.15, 0.2) is 0 Å². The summed E-state index contributed by atoms with van der Waals surface area (Å²) in [5.74, 6) is -0.0956. The van der Waals surface area contributed by atoms with Crippen molar-refractivity contribution in [3.63, 3.8) is 0 Å². The molecule has 1 fully saturated rings. The van der Waals surface area contributed by atoms with E-state index in [2.05, 4.69) is 4.98 Å². The molecule has 0 spiro atoms. The van der Waals surface area contributed by atoms with Crippen molar-refractivity contribution in [2.24, 2.45) is 0 Å². The fourth-order valence-corrected chi connectivity index (χ4v) is 2.17. The fraction of sp³-hybridized carbons (Fsp3) is 0.538. The minimum atomic E-state index is -0.304. The zero-order chi connectivity index (χ0) is 13.1. The van der Waals surface area contributed by atoms with Crippen LogP contribution in [0.4, 0.5) is 0 Å². The van der Waals surface area contributed by atoms with Crippen molar-refractivity contribution in [1.29, 1.82) is 0 Å². The first-order chi connectivity index (χ1) is 8.61. The number of hydrogen-bond acceptors (Lipinski definition) is 4. The molecule has 0 aliphatic carbocycles.